The van der Waals surface area contributed by atoms with Crippen LogP contribution >= 0.6 is 15.9 Å². The van der Waals surface area contributed by atoms with Crippen molar-refractivity contribution in [1.29, 1.82) is 0 Å². The Bertz CT molecular complexity index is 1130. The highest BCUT2D eigenvalue weighted by Gasteiger charge is 2.44. The molecule has 1 fully saturated rings. The summed E-state index contributed by atoms with van der Waals surface area (Å²) in [6.07, 6.45) is -0.167. The quantitative estimate of drug-likeness (QED) is 0.389. The van der Waals surface area contributed by atoms with E-state index in [4.69, 9.17) is 4.74 Å². The number of cyclic esters (lactones) is 1. The van der Waals surface area contributed by atoms with Crippen LogP contribution in [0.5, 0.6) is 0 Å². The molecule has 2 amide bonds. The molecule has 3 atom stereocenters. The number of hydrogen-bond acceptors (Lipinski definition) is 4. The van der Waals surface area contributed by atoms with Crippen LogP contribution in [0.15, 0.2) is 89.4 Å². The number of carbonyl (C=O) groups is 3. The topological polar surface area (TPSA) is 63.7 Å². The summed E-state index contributed by atoms with van der Waals surface area (Å²) in [5.74, 6) is -2.06. The summed E-state index contributed by atoms with van der Waals surface area (Å²) in [6, 6.07) is 25.5. The number of halogens is 1. The molecule has 1 saturated heterocycles. The zero-order valence-electron chi connectivity index (χ0n) is 18.2. The number of imide groups is 1. The highest BCUT2D eigenvalue weighted by Crippen LogP contribution is 2.32. The third-order valence-electron chi connectivity index (χ3n) is 5.98. The summed E-state index contributed by atoms with van der Waals surface area (Å²) in [6.45, 7) is 1.88. The van der Waals surface area contributed by atoms with Crippen LogP contribution in [0.25, 0.3) is 0 Å². The Morgan fingerprint density at radius 2 is 1.58 bits per heavy atom. The van der Waals surface area contributed by atoms with Gasteiger partial charge in [-0.15, -0.1) is 0 Å². The molecule has 168 valence electrons. The summed E-state index contributed by atoms with van der Waals surface area (Å²) in [5, 5.41) is 0. The minimum Gasteiger partial charge on any atom is -0.447 e. The van der Waals surface area contributed by atoms with Crippen LogP contribution < -0.4 is 0 Å². The number of amides is 2. The van der Waals surface area contributed by atoms with Gasteiger partial charge in [-0.25, -0.2) is 9.69 Å². The van der Waals surface area contributed by atoms with E-state index in [9.17, 15) is 14.4 Å². The number of rotatable bonds is 7. The average Bonchev–Trinajstić information content (AvgIpc) is 3.20. The second-order valence-corrected chi connectivity index (χ2v) is 9.09. The molecule has 0 aliphatic carbocycles. The zero-order chi connectivity index (χ0) is 23.4. The van der Waals surface area contributed by atoms with Crippen LogP contribution in [0.1, 0.15) is 34.3 Å². The molecular formula is C27H24BrNO4. The van der Waals surface area contributed by atoms with Gasteiger partial charge in [-0.1, -0.05) is 95.7 Å². The normalized spacial score (nSPS) is 17.3. The number of benzene rings is 3. The lowest BCUT2D eigenvalue weighted by Crippen LogP contribution is -2.45. The van der Waals surface area contributed by atoms with Crippen molar-refractivity contribution in [2.45, 2.75) is 25.3 Å². The minimum atomic E-state index is -0.814. The molecule has 6 heteroatoms. The predicted octanol–water partition coefficient (Wildman–Crippen LogP) is 5.64. The monoisotopic (exact) mass is 505 g/mol. The molecule has 1 heterocycles. The molecule has 0 spiro atoms. The smallest absolute Gasteiger partial charge is 0.417 e. The Kier molecular flexibility index (Phi) is 7.04. The van der Waals surface area contributed by atoms with E-state index in [1.807, 2.05) is 60.7 Å². The van der Waals surface area contributed by atoms with Gasteiger partial charge in [-0.3, -0.25) is 9.59 Å². The average molecular weight is 506 g/mol. The Balaban J connectivity index is 1.66. The number of nitrogens with zero attached hydrogens (tertiary/aromatic N) is 1. The van der Waals surface area contributed by atoms with Gasteiger partial charge in [0.1, 0.15) is 6.61 Å². The number of Topliss-reactive ketones (excluding diaryl/α,β-unsaturated/α-hetero) is 1. The van der Waals surface area contributed by atoms with E-state index in [1.54, 1.807) is 31.2 Å². The molecule has 0 bridgehead atoms. The lowest BCUT2D eigenvalue weighted by molar-refractivity contribution is -0.131. The van der Waals surface area contributed by atoms with E-state index in [2.05, 4.69) is 15.9 Å². The molecule has 1 aliphatic heterocycles. The summed E-state index contributed by atoms with van der Waals surface area (Å²) >= 11 is 3.38. The van der Waals surface area contributed by atoms with Gasteiger partial charge in [-0.2, -0.15) is 0 Å². The fourth-order valence-electron chi connectivity index (χ4n) is 4.25. The summed E-state index contributed by atoms with van der Waals surface area (Å²) in [5.41, 5.74) is 2.22. The molecule has 1 aliphatic rings. The van der Waals surface area contributed by atoms with Crippen molar-refractivity contribution in [3.63, 3.8) is 0 Å². The van der Waals surface area contributed by atoms with Gasteiger partial charge in [0.15, 0.2) is 5.78 Å². The predicted molar refractivity (Wildman–Crippen MR) is 129 cm³/mol. The molecule has 33 heavy (non-hydrogen) atoms. The Labute approximate surface area is 201 Å². The van der Waals surface area contributed by atoms with E-state index in [0.29, 0.717) is 17.5 Å². The molecule has 4 rings (SSSR count). The van der Waals surface area contributed by atoms with Gasteiger partial charge in [0.2, 0.25) is 5.91 Å². The van der Waals surface area contributed by atoms with E-state index in [1.165, 1.54) is 4.90 Å². The first-order valence-corrected chi connectivity index (χ1v) is 11.6. The van der Waals surface area contributed by atoms with Crippen molar-refractivity contribution in [2.75, 3.05) is 6.61 Å². The van der Waals surface area contributed by atoms with Crippen molar-refractivity contribution in [1.82, 2.24) is 4.90 Å². The third kappa shape index (κ3) is 5.06. The van der Waals surface area contributed by atoms with E-state index in [-0.39, 0.29) is 12.4 Å². The highest BCUT2D eigenvalue weighted by molar-refractivity contribution is 9.10. The largest absolute Gasteiger partial charge is 0.447 e. The summed E-state index contributed by atoms with van der Waals surface area (Å²) in [7, 11) is 0. The van der Waals surface area contributed by atoms with Crippen LogP contribution in [0.3, 0.4) is 0 Å². The minimum absolute atomic E-state index is 0.135. The van der Waals surface area contributed by atoms with Crippen molar-refractivity contribution in [2.24, 2.45) is 5.92 Å². The Morgan fingerprint density at radius 3 is 2.21 bits per heavy atom. The molecule has 3 aromatic carbocycles. The van der Waals surface area contributed by atoms with Crippen LogP contribution in [0.4, 0.5) is 4.79 Å². The van der Waals surface area contributed by atoms with Gasteiger partial charge in [0.25, 0.3) is 0 Å². The Morgan fingerprint density at radius 1 is 0.970 bits per heavy atom. The highest BCUT2D eigenvalue weighted by atomic mass is 79.9. The number of ketones is 1. The summed E-state index contributed by atoms with van der Waals surface area (Å²) < 4.78 is 6.14. The molecule has 0 N–H and O–H groups in total. The van der Waals surface area contributed by atoms with Gasteiger partial charge in [0.05, 0.1) is 12.0 Å². The lowest BCUT2D eigenvalue weighted by atomic mass is 9.81. The van der Waals surface area contributed by atoms with E-state index >= 15 is 0 Å². The van der Waals surface area contributed by atoms with Gasteiger partial charge < -0.3 is 4.74 Å². The molecule has 0 saturated carbocycles. The fourth-order valence-corrected chi connectivity index (χ4v) is 4.52. The molecule has 3 aromatic rings. The van der Waals surface area contributed by atoms with E-state index < -0.39 is 29.9 Å². The maximum atomic E-state index is 13.9. The summed E-state index contributed by atoms with van der Waals surface area (Å²) in [4.78, 5) is 41.0. The van der Waals surface area contributed by atoms with Gasteiger partial charge >= 0.3 is 6.09 Å². The molecule has 0 unspecified atom stereocenters. The van der Waals surface area contributed by atoms with Gasteiger partial charge in [0, 0.05) is 16.0 Å². The van der Waals surface area contributed by atoms with Crippen molar-refractivity contribution >= 4 is 33.7 Å². The number of ether oxygens (including phenoxy) is 1. The maximum Gasteiger partial charge on any atom is 0.417 e. The first kappa shape index (κ1) is 22.9. The maximum absolute atomic E-state index is 13.9. The van der Waals surface area contributed by atoms with E-state index in [0.717, 1.165) is 10.0 Å². The van der Waals surface area contributed by atoms with Crippen LogP contribution in [0.2, 0.25) is 0 Å². The lowest BCUT2D eigenvalue weighted by Gasteiger charge is -2.28. The number of hydrogen-bond donors (Lipinski definition) is 0. The fraction of sp³-hybridized carbons (Fsp3) is 0.222. The Hall–Kier alpha value is -3.25. The van der Waals surface area contributed by atoms with Crippen LogP contribution in [-0.2, 0) is 16.0 Å². The zero-order valence-corrected chi connectivity index (χ0v) is 19.8. The molecule has 5 nitrogen and oxygen atoms in total. The van der Waals surface area contributed by atoms with Gasteiger partial charge in [-0.05, 0) is 29.7 Å². The van der Waals surface area contributed by atoms with Crippen molar-refractivity contribution in [3.8, 4) is 0 Å². The third-order valence-corrected chi connectivity index (χ3v) is 6.51. The van der Waals surface area contributed by atoms with Crippen molar-refractivity contribution < 1.29 is 19.1 Å². The molecular weight excluding hydrogens is 482 g/mol. The first-order chi connectivity index (χ1) is 16.0. The second-order valence-electron chi connectivity index (χ2n) is 8.18. The van der Waals surface area contributed by atoms with Crippen LogP contribution in [-0.4, -0.2) is 35.3 Å². The molecule has 0 radical (unpaired) electrons. The first-order valence-electron chi connectivity index (χ1n) is 10.8. The SMILES string of the molecule is C[C@@H](C(=O)c1ccc(Br)cc1)[C@@H](C(=O)N1C(=O)OC[C@H]1Cc1ccccc1)c1ccccc1. The standard InChI is InChI=1S/C27H24BrNO4/c1-18(25(30)21-12-14-22(28)15-13-21)24(20-10-6-3-7-11-20)26(31)29-23(17-33-27(29)32)16-19-8-4-2-5-9-19/h2-15,18,23-24H,16-17H2,1H3/t18-,23-,24-/m1/s1. The van der Waals surface area contributed by atoms with Crippen LogP contribution in [0, 0.1) is 5.92 Å². The number of carbonyl (C=O) groups excluding carboxylic acids is 3. The second kappa shape index (κ2) is 10.1. The molecule has 0 aromatic heterocycles. The van der Waals surface area contributed by atoms with Crippen molar-refractivity contribution in [3.05, 3.63) is 106 Å².